The first kappa shape index (κ1) is 24.5. The lowest BCUT2D eigenvalue weighted by Gasteiger charge is -2.11. The number of non-ortho nitro benzene ring substituents is 1. The van der Waals surface area contributed by atoms with Crippen LogP contribution in [0.3, 0.4) is 0 Å². The van der Waals surface area contributed by atoms with Gasteiger partial charge in [-0.15, -0.1) is 5.10 Å². The first-order valence-corrected chi connectivity index (χ1v) is 11.7. The van der Waals surface area contributed by atoms with Gasteiger partial charge in [-0.2, -0.15) is 0 Å². The number of ether oxygens (including phenoxy) is 1. The molecule has 5 aromatic rings. The highest BCUT2D eigenvalue weighted by atomic mass is 19.1. The van der Waals surface area contributed by atoms with E-state index in [9.17, 15) is 19.3 Å². The van der Waals surface area contributed by atoms with E-state index >= 15 is 0 Å². The van der Waals surface area contributed by atoms with Crippen LogP contribution in [-0.4, -0.2) is 25.7 Å². The van der Waals surface area contributed by atoms with Gasteiger partial charge in [0.25, 0.3) is 5.69 Å². The quantitative estimate of drug-likeness (QED) is 0.105. The minimum atomic E-state index is -0.510. The minimum Gasteiger partial charge on any atom is -0.487 e. The molecule has 0 unspecified atom stereocenters. The van der Waals surface area contributed by atoms with Crippen molar-refractivity contribution >= 4 is 28.3 Å². The van der Waals surface area contributed by atoms with Gasteiger partial charge in [0, 0.05) is 23.3 Å². The fourth-order valence-corrected chi connectivity index (χ4v) is 4.03. The molecular formula is C29H21FN4O4. The van der Waals surface area contributed by atoms with Crippen molar-refractivity contribution in [2.24, 2.45) is 0 Å². The number of carbonyl (C=O) groups excluding carboxylic acids is 1. The molecule has 0 saturated heterocycles. The van der Waals surface area contributed by atoms with Crippen molar-refractivity contribution in [3.05, 3.63) is 136 Å². The van der Waals surface area contributed by atoms with Crippen molar-refractivity contribution < 1.29 is 18.8 Å². The minimum absolute atomic E-state index is 0.0804. The highest BCUT2D eigenvalue weighted by Gasteiger charge is 2.11. The summed E-state index contributed by atoms with van der Waals surface area (Å²) >= 11 is 0. The summed E-state index contributed by atoms with van der Waals surface area (Å²) in [7, 11) is 0. The third kappa shape index (κ3) is 5.62. The first-order chi connectivity index (χ1) is 18.5. The van der Waals surface area contributed by atoms with Gasteiger partial charge in [-0.05, 0) is 58.8 Å². The normalized spacial score (nSPS) is 11.2. The molecule has 0 saturated carbocycles. The van der Waals surface area contributed by atoms with Gasteiger partial charge in [-0.3, -0.25) is 14.9 Å². The van der Waals surface area contributed by atoms with Gasteiger partial charge in [0.2, 0.25) is 0 Å². The summed E-state index contributed by atoms with van der Waals surface area (Å²) in [6, 6.07) is 23.2. The highest BCUT2D eigenvalue weighted by Crippen LogP contribution is 2.30. The van der Waals surface area contributed by atoms with Gasteiger partial charge < -0.3 is 4.74 Å². The van der Waals surface area contributed by atoms with Gasteiger partial charge in [0.05, 0.1) is 17.7 Å². The number of nitrogens with zero attached hydrogens (tertiary/aromatic N) is 4. The van der Waals surface area contributed by atoms with Crippen molar-refractivity contribution in [2.75, 3.05) is 0 Å². The molecule has 0 N–H and O–H groups in total. The summed E-state index contributed by atoms with van der Waals surface area (Å²) in [5.41, 5.74) is 2.33. The van der Waals surface area contributed by atoms with E-state index in [0.29, 0.717) is 29.1 Å². The smallest absolute Gasteiger partial charge is 0.269 e. The van der Waals surface area contributed by atoms with Crippen LogP contribution in [-0.2, 0) is 13.2 Å². The molecule has 0 bridgehead atoms. The molecule has 0 amide bonds. The Bertz CT molecular complexity index is 1660. The van der Waals surface area contributed by atoms with E-state index in [-0.39, 0.29) is 23.9 Å². The fraction of sp³-hybridized carbons (Fsp3) is 0.0690. The SMILES string of the molecule is O=C(/C=C/c1c(OCc2cn(Cc3cccc(F)c3)nn2)ccc2ccccc12)c1ccc([N+](=O)[O-])cc1. The van der Waals surface area contributed by atoms with Crippen molar-refractivity contribution in [2.45, 2.75) is 13.2 Å². The Balaban J connectivity index is 1.35. The zero-order valence-corrected chi connectivity index (χ0v) is 20.0. The van der Waals surface area contributed by atoms with Crippen LogP contribution in [0, 0.1) is 15.9 Å². The Kier molecular flexibility index (Phi) is 6.99. The predicted octanol–water partition coefficient (Wildman–Crippen LogP) is 6.00. The van der Waals surface area contributed by atoms with E-state index in [4.69, 9.17) is 4.74 Å². The van der Waals surface area contributed by atoms with Gasteiger partial charge >= 0.3 is 0 Å². The monoisotopic (exact) mass is 508 g/mol. The summed E-state index contributed by atoms with van der Waals surface area (Å²) in [5.74, 6) is -0.0506. The zero-order chi connectivity index (χ0) is 26.5. The average Bonchev–Trinajstić information content (AvgIpc) is 3.37. The van der Waals surface area contributed by atoms with Crippen LogP contribution < -0.4 is 4.74 Å². The number of carbonyl (C=O) groups is 1. The predicted molar refractivity (Wildman–Crippen MR) is 140 cm³/mol. The van der Waals surface area contributed by atoms with E-state index in [1.165, 1.54) is 42.5 Å². The van der Waals surface area contributed by atoms with Crippen molar-refractivity contribution in [3.8, 4) is 5.75 Å². The van der Waals surface area contributed by atoms with Gasteiger partial charge in [-0.25, -0.2) is 9.07 Å². The molecule has 1 heterocycles. The maximum atomic E-state index is 13.5. The topological polar surface area (TPSA) is 100 Å². The summed E-state index contributed by atoms with van der Waals surface area (Å²) in [5, 5.41) is 21.0. The number of hydrogen-bond acceptors (Lipinski definition) is 6. The third-order valence-electron chi connectivity index (χ3n) is 5.89. The number of fused-ring (bicyclic) bond motifs is 1. The van der Waals surface area contributed by atoms with Gasteiger partial charge in [-0.1, -0.05) is 47.7 Å². The Morgan fingerprint density at radius 3 is 2.63 bits per heavy atom. The maximum absolute atomic E-state index is 13.5. The summed E-state index contributed by atoms with van der Waals surface area (Å²) in [6.07, 6.45) is 4.84. The molecule has 9 heteroatoms. The maximum Gasteiger partial charge on any atom is 0.269 e. The highest BCUT2D eigenvalue weighted by molar-refractivity contribution is 6.08. The molecule has 1 aromatic heterocycles. The molecule has 0 aliphatic heterocycles. The Labute approximate surface area is 216 Å². The number of aromatic nitrogens is 3. The Morgan fingerprint density at radius 2 is 1.84 bits per heavy atom. The molecule has 0 aliphatic rings. The number of allylic oxidation sites excluding steroid dienone is 1. The van der Waals surface area contributed by atoms with Crippen LogP contribution in [0.15, 0.2) is 97.2 Å². The van der Waals surface area contributed by atoms with Crippen LogP contribution in [0.5, 0.6) is 5.75 Å². The summed E-state index contributed by atoms with van der Waals surface area (Å²) in [6.45, 7) is 0.512. The van der Waals surface area contributed by atoms with E-state index in [1.54, 1.807) is 23.0 Å². The van der Waals surface area contributed by atoms with Crippen LogP contribution in [0.25, 0.3) is 16.8 Å². The molecule has 0 atom stereocenters. The summed E-state index contributed by atoms with van der Waals surface area (Å²) < 4.78 is 21.2. The van der Waals surface area contributed by atoms with E-state index in [2.05, 4.69) is 10.3 Å². The van der Waals surface area contributed by atoms with Gasteiger partial charge in [0.15, 0.2) is 5.78 Å². The first-order valence-electron chi connectivity index (χ1n) is 11.7. The molecule has 188 valence electrons. The average molecular weight is 509 g/mol. The van der Waals surface area contributed by atoms with Crippen LogP contribution in [0.2, 0.25) is 0 Å². The molecule has 0 radical (unpaired) electrons. The fourth-order valence-electron chi connectivity index (χ4n) is 4.03. The molecule has 5 rings (SSSR count). The Hall–Kier alpha value is -5.18. The number of nitro benzene ring substituents is 1. The largest absolute Gasteiger partial charge is 0.487 e. The molecule has 0 fully saturated rings. The lowest BCUT2D eigenvalue weighted by atomic mass is 10.0. The number of ketones is 1. The number of rotatable bonds is 9. The van der Waals surface area contributed by atoms with E-state index in [0.717, 1.165) is 16.3 Å². The lowest BCUT2D eigenvalue weighted by Crippen LogP contribution is -2.01. The zero-order valence-electron chi connectivity index (χ0n) is 20.0. The van der Waals surface area contributed by atoms with Crippen molar-refractivity contribution in [1.29, 1.82) is 0 Å². The molecule has 8 nitrogen and oxygen atoms in total. The molecule has 0 spiro atoms. The number of benzene rings is 4. The second-order valence-electron chi connectivity index (χ2n) is 8.53. The van der Waals surface area contributed by atoms with E-state index in [1.807, 2.05) is 42.5 Å². The van der Waals surface area contributed by atoms with Crippen LogP contribution in [0.1, 0.15) is 27.2 Å². The molecule has 4 aromatic carbocycles. The van der Waals surface area contributed by atoms with E-state index < -0.39 is 4.92 Å². The summed E-state index contributed by atoms with van der Waals surface area (Å²) in [4.78, 5) is 23.1. The molecule has 0 aliphatic carbocycles. The lowest BCUT2D eigenvalue weighted by molar-refractivity contribution is -0.384. The van der Waals surface area contributed by atoms with Crippen LogP contribution >= 0.6 is 0 Å². The number of nitro groups is 1. The van der Waals surface area contributed by atoms with Crippen LogP contribution in [0.4, 0.5) is 10.1 Å². The Morgan fingerprint density at radius 1 is 1.03 bits per heavy atom. The third-order valence-corrected chi connectivity index (χ3v) is 5.89. The van der Waals surface area contributed by atoms with Crippen molar-refractivity contribution in [3.63, 3.8) is 0 Å². The molecule has 38 heavy (non-hydrogen) atoms. The molecular weight excluding hydrogens is 487 g/mol. The standard InChI is InChI=1S/C29H21FN4O4/c30-23-6-3-4-20(16-23)17-33-18-24(31-32-33)19-38-29-15-10-21-5-1-2-7-26(21)27(29)13-14-28(35)22-8-11-25(12-9-22)34(36)37/h1-16,18H,17,19H2/b14-13+. The number of hydrogen-bond donors (Lipinski definition) is 0. The van der Waals surface area contributed by atoms with Gasteiger partial charge in [0.1, 0.15) is 23.9 Å². The second kappa shape index (κ2) is 10.8. The second-order valence-corrected chi connectivity index (χ2v) is 8.53. The number of halogens is 1. The van der Waals surface area contributed by atoms with Crippen molar-refractivity contribution in [1.82, 2.24) is 15.0 Å².